The molecule has 0 aliphatic rings. The molecule has 0 atom stereocenters. The molecule has 2 rings (SSSR count). The van der Waals surface area contributed by atoms with Crippen molar-refractivity contribution in [3.8, 4) is 11.5 Å². The largest absolute Gasteiger partial charge is 0.493 e. The van der Waals surface area contributed by atoms with Gasteiger partial charge >= 0.3 is 6.03 Å². The molecule has 0 saturated carbocycles. The van der Waals surface area contributed by atoms with Crippen molar-refractivity contribution < 1.29 is 27.2 Å². The van der Waals surface area contributed by atoms with Gasteiger partial charge in [0.2, 0.25) is 0 Å². The van der Waals surface area contributed by atoms with Gasteiger partial charge in [-0.2, -0.15) is 8.42 Å². The van der Waals surface area contributed by atoms with Crippen molar-refractivity contribution in [3.63, 3.8) is 0 Å². The van der Waals surface area contributed by atoms with Crippen molar-refractivity contribution in [1.29, 1.82) is 0 Å². The first kappa shape index (κ1) is 19.5. The molecule has 9 heteroatoms. The standard InChI is InChI=1S/C17H20N2O6S/c1-24-15-8-3-12(11-16(15)25-2)9-10-18-17(20)19-13-4-6-14(7-5-13)26(21,22)23/h3-8,11H,9-10H2,1-2H3,(H2,18,19,20)(H,21,22,23). The monoisotopic (exact) mass is 380 g/mol. The van der Waals surface area contributed by atoms with E-state index in [1.54, 1.807) is 20.3 Å². The molecule has 0 radical (unpaired) electrons. The summed E-state index contributed by atoms with van der Waals surface area (Å²) in [5.41, 5.74) is 1.38. The number of hydrogen-bond acceptors (Lipinski definition) is 5. The smallest absolute Gasteiger partial charge is 0.319 e. The molecule has 0 fully saturated rings. The highest BCUT2D eigenvalue weighted by atomic mass is 32.2. The van der Waals surface area contributed by atoms with E-state index in [4.69, 9.17) is 14.0 Å². The lowest BCUT2D eigenvalue weighted by Crippen LogP contribution is -2.30. The normalized spacial score (nSPS) is 10.9. The maximum atomic E-state index is 11.9. The van der Waals surface area contributed by atoms with Crippen molar-refractivity contribution in [2.75, 3.05) is 26.1 Å². The van der Waals surface area contributed by atoms with E-state index in [-0.39, 0.29) is 4.90 Å². The number of rotatable bonds is 7. The van der Waals surface area contributed by atoms with Gasteiger partial charge in [-0.25, -0.2) is 4.79 Å². The maximum absolute atomic E-state index is 11.9. The van der Waals surface area contributed by atoms with Gasteiger partial charge in [0.15, 0.2) is 11.5 Å². The van der Waals surface area contributed by atoms with E-state index in [1.165, 1.54) is 24.3 Å². The Morgan fingerprint density at radius 2 is 1.69 bits per heavy atom. The maximum Gasteiger partial charge on any atom is 0.319 e. The average Bonchev–Trinajstić information content (AvgIpc) is 2.61. The Bertz CT molecular complexity index is 865. The Kier molecular flexibility index (Phi) is 6.42. The molecular formula is C17H20N2O6S. The molecule has 26 heavy (non-hydrogen) atoms. The summed E-state index contributed by atoms with van der Waals surface area (Å²) in [7, 11) is -1.13. The first-order chi connectivity index (χ1) is 12.3. The topological polar surface area (TPSA) is 114 Å². The molecule has 0 aromatic heterocycles. The molecule has 0 unspecified atom stereocenters. The van der Waals surface area contributed by atoms with E-state index >= 15 is 0 Å². The van der Waals surface area contributed by atoms with Crippen LogP contribution < -0.4 is 20.1 Å². The molecule has 2 amide bonds. The summed E-state index contributed by atoms with van der Waals surface area (Å²) in [6, 6.07) is 10.3. The van der Waals surface area contributed by atoms with Crippen LogP contribution in [0.5, 0.6) is 11.5 Å². The van der Waals surface area contributed by atoms with Crippen molar-refractivity contribution in [3.05, 3.63) is 48.0 Å². The van der Waals surface area contributed by atoms with E-state index in [0.29, 0.717) is 30.2 Å². The molecule has 8 nitrogen and oxygen atoms in total. The van der Waals surface area contributed by atoms with Crippen LogP contribution >= 0.6 is 0 Å². The van der Waals surface area contributed by atoms with E-state index in [1.807, 2.05) is 12.1 Å². The van der Waals surface area contributed by atoms with Crippen LogP contribution in [0.1, 0.15) is 5.56 Å². The Hall–Kier alpha value is -2.78. The van der Waals surface area contributed by atoms with Crippen LogP contribution in [0.25, 0.3) is 0 Å². The molecule has 140 valence electrons. The third-order valence-corrected chi connectivity index (χ3v) is 4.43. The molecule has 0 aliphatic heterocycles. The number of benzene rings is 2. The van der Waals surface area contributed by atoms with Gasteiger partial charge in [-0.1, -0.05) is 6.07 Å². The van der Waals surface area contributed by atoms with E-state index in [2.05, 4.69) is 10.6 Å². The number of methoxy groups -OCH3 is 2. The Labute approximate surface area is 151 Å². The second-order valence-corrected chi connectivity index (χ2v) is 6.74. The van der Waals surface area contributed by atoms with Crippen LogP contribution in [0.2, 0.25) is 0 Å². The van der Waals surface area contributed by atoms with Crippen molar-refractivity contribution in [2.45, 2.75) is 11.3 Å². The van der Waals surface area contributed by atoms with Gasteiger partial charge in [-0.05, 0) is 48.4 Å². The summed E-state index contributed by atoms with van der Waals surface area (Å²) in [5.74, 6) is 1.25. The summed E-state index contributed by atoms with van der Waals surface area (Å²) in [5, 5.41) is 5.28. The highest BCUT2D eigenvalue weighted by molar-refractivity contribution is 7.85. The minimum absolute atomic E-state index is 0.239. The van der Waals surface area contributed by atoms with Gasteiger partial charge in [-0.15, -0.1) is 0 Å². The molecular weight excluding hydrogens is 360 g/mol. The van der Waals surface area contributed by atoms with Crippen LogP contribution in [0.15, 0.2) is 47.4 Å². The van der Waals surface area contributed by atoms with Gasteiger partial charge in [0.25, 0.3) is 10.1 Å². The number of carbonyl (C=O) groups is 1. The first-order valence-electron chi connectivity index (χ1n) is 7.67. The first-order valence-corrected chi connectivity index (χ1v) is 9.11. The number of nitrogens with one attached hydrogen (secondary N) is 2. The third kappa shape index (κ3) is 5.36. The van der Waals surface area contributed by atoms with Crippen LogP contribution in [-0.2, 0) is 16.5 Å². The van der Waals surface area contributed by atoms with Crippen molar-refractivity contribution in [2.24, 2.45) is 0 Å². The molecule has 0 saturated heterocycles. The summed E-state index contributed by atoms with van der Waals surface area (Å²) in [6.45, 7) is 0.393. The van der Waals surface area contributed by atoms with Crippen LogP contribution in [0.4, 0.5) is 10.5 Å². The van der Waals surface area contributed by atoms with Crippen LogP contribution in [0.3, 0.4) is 0 Å². The number of anilines is 1. The van der Waals surface area contributed by atoms with Crippen LogP contribution in [-0.4, -0.2) is 39.8 Å². The van der Waals surface area contributed by atoms with Crippen molar-refractivity contribution >= 4 is 21.8 Å². The summed E-state index contributed by atoms with van der Waals surface area (Å²) >= 11 is 0. The van der Waals surface area contributed by atoms with Gasteiger partial charge < -0.3 is 20.1 Å². The lowest BCUT2D eigenvalue weighted by molar-refractivity contribution is 0.252. The average molecular weight is 380 g/mol. The van der Waals surface area contributed by atoms with Gasteiger partial charge in [0.05, 0.1) is 19.1 Å². The minimum atomic E-state index is -4.25. The van der Waals surface area contributed by atoms with E-state index < -0.39 is 16.1 Å². The lowest BCUT2D eigenvalue weighted by Gasteiger charge is -2.11. The minimum Gasteiger partial charge on any atom is -0.493 e. The third-order valence-electron chi connectivity index (χ3n) is 3.56. The molecule has 0 heterocycles. The molecule has 0 aliphatic carbocycles. The second kappa shape index (κ2) is 8.54. The Morgan fingerprint density at radius 1 is 1.04 bits per heavy atom. The molecule has 0 spiro atoms. The Balaban J connectivity index is 1.85. The van der Waals surface area contributed by atoms with Gasteiger partial charge in [0, 0.05) is 12.2 Å². The fourth-order valence-corrected chi connectivity index (χ4v) is 2.72. The highest BCUT2D eigenvalue weighted by Crippen LogP contribution is 2.27. The molecule has 2 aromatic carbocycles. The Morgan fingerprint density at radius 3 is 2.27 bits per heavy atom. The quantitative estimate of drug-likeness (QED) is 0.635. The van der Waals surface area contributed by atoms with Crippen LogP contribution in [0, 0.1) is 0 Å². The lowest BCUT2D eigenvalue weighted by atomic mass is 10.1. The molecule has 2 aromatic rings. The number of amides is 2. The number of hydrogen-bond donors (Lipinski definition) is 3. The fraction of sp³-hybridized carbons (Fsp3) is 0.235. The number of ether oxygens (including phenoxy) is 2. The van der Waals surface area contributed by atoms with Gasteiger partial charge in [-0.3, -0.25) is 4.55 Å². The second-order valence-electron chi connectivity index (χ2n) is 5.32. The summed E-state index contributed by atoms with van der Waals surface area (Å²) in [4.78, 5) is 11.6. The van der Waals surface area contributed by atoms with E-state index in [0.717, 1.165) is 5.56 Å². The fourth-order valence-electron chi connectivity index (χ4n) is 2.24. The molecule has 3 N–H and O–H groups in total. The predicted molar refractivity (Wildman–Crippen MR) is 96.5 cm³/mol. The zero-order valence-electron chi connectivity index (χ0n) is 14.4. The number of carbonyl (C=O) groups excluding carboxylic acids is 1. The van der Waals surface area contributed by atoms with Gasteiger partial charge in [0.1, 0.15) is 0 Å². The van der Waals surface area contributed by atoms with Crippen molar-refractivity contribution in [1.82, 2.24) is 5.32 Å². The van der Waals surface area contributed by atoms with E-state index in [9.17, 15) is 13.2 Å². The highest BCUT2D eigenvalue weighted by Gasteiger charge is 2.09. The SMILES string of the molecule is COc1ccc(CCNC(=O)Nc2ccc(S(=O)(=O)O)cc2)cc1OC. The number of urea groups is 1. The zero-order chi connectivity index (χ0) is 19.2. The zero-order valence-corrected chi connectivity index (χ0v) is 15.2. The summed E-state index contributed by atoms with van der Waals surface area (Å²) < 4.78 is 41.3. The summed E-state index contributed by atoms with van der Waals surface area (Å²) in [6.07, 6.45) is 0.593. The predicted octanol–water partition coefficient (Wildman–Crippen LogP) is 2.31. The molecule has 0 bridgehead atoms.